The summed E-state index contributed by atoms with van der Waals surface area (Å²) in [4.78, 5) is 12.1. The fraction of sp³-hybridized carbons (Fsp3) is 0.286. The van der Waals surface area contributed by atoms with Gasteiger partial charge in [0.15, 0.2) is 5.78 Å². The van der Waals surface area contributed by atoms with Crippen LogP contribution in [-0.4, -0.2) is 15.6 Å². The number of carbonyl (C=O) groups excluding carboxylic acids is 1. The van der Waals surface area contributed by atoms with Crippen molar-refractivity contribution in [2.45, 2.75) is 19.8 Å². The first-order chi connectivity index (χ1) is 8.56. The Morgan fingerprint density at radius 3 is 2.78 bits per heavy atom. The van der Waals surface area contributed by atoms with Crippen LogP contribution in [0.1, 0.15) is 28.0 Å². The van der Waals surface area contributed by atoms with Crippen LogP contribution in [0.25, 0.3) is 0 Å². The Bertz CT molecular complexity index is 555. The minimum absolute atomic E-state index is 0.113. The Labute approximate surface area is 111 Å². The number of Topliss-reactive ketones (excluding diaryl/α,β-unsaturated/α-hetero) is 1. The Balaban J connectivity index is 2.06. The number of hydrogen-bond donors (Lipinski definition) is 0. The van der Waals surface area contributed by atoms with Gasteiger partial charge in [0.2, 0.25) is 0 Å². The van der Waals surface area contributed by atoms with Gasteiger partial charge in [-0.05, 0) is 43.2 Å². The average Bonchev–Trinajstić information content (AvgIpc) is 2.70. The summed E-state index contributed by atoms with van der Waals surface area (Å²) in [5, 5.41) is 4.69. The van der Waals surface area contributed by atoms with Crippen molar-refractivity contribution >= 4 is 17.4 Å². The average molecular weight is 263 g/mol. The quantitative estimate of drug-likeness (QED) is 0.793. The molecule has 2 rings (SSSR count). The molecule has 94 valence electrons. The van der Waals surface area contributed by atoms with E-state index in [9.17, 15) is 4.79 Å². The van der Waals surface area contributed by atoms with E-state index in [0.29, 0.717) is 23.4 Å². The summed E-state index contributed by atoms with van der Waals surface area (Å²) >= 11 is 5.95. The number of benzene rings is 1. The van der Waals surface area contributed by atoms with Gasteiger partial charge >= 0.3 is 0 Å². The lowest BCUT2D eigenvalue weighted by molar-refractivity contribution is 0.0982. The smallest absolute Gasteiger partial charge is 0.163 e. The van der Waals surface area contributed by atoms with Crippen molar-refractivity contribution in [2.24, 2.45) is 7.05 Å². The number of rotatable bonds is 4. The zero-order chi connectivity index (χ0) is 13.1. The van der Waals surface area contributed by atoms with Crippen LogP contribution in [0.3, 0.4) is 0 Å². The molecular weight excluding hydrogens is 248 g/mol. The molecule has 4 heteroatoms. The highest BCUT2D eigenvalue weighted by atomic mass is 35.5. The Morgan fingerprint density at radius 1 is 1.39 bits per heavy atom. The zero-order valence-corrected chi connectivity index (χ0v) is 11.2. The van der Waals surface area contributed by atoms with E-state index in [1.54, 1.807) is 16.9 Å². The molecule has 2 aromatic rings. The first-order valence-corrected chi connectivity index (χ1v) is 6.21. The zero-order valence-electron chi connectivity index (χ0n) is 10.5. The maximum atomic E-state index is 12.1. The third-order valence-corrected chi connectivity index (χ3v) is 3.11. The molecule has 0 unspecified atom stereocenters. The van der Waals surface area contributed by atoms with Crippen LogP contribution >= 0.6 is 11.6 Å². The molecule has 0 spiro atoms. The van der Waals surface area contributed by atoms with Crippen molar-refractivity contribution in [1.82, 2.24) is 9.78 Å². The van der Waals surface area contributed by atoms with E-state index in [-0.39, 0.29) is 5.78 Å². The summed E-state index contributed by atoms with van der Waals surface area (Å²) in [6.45, 7) is 1.93. The number of nitrogens with zero attached hydrogens (tertiary/aromatic N) is 2. The van der Waals surface area contributed by atoms with Gasteiger partial charge in [0.05, 0.1) is 0 Å². The van der Waals surface area contributed by atoms with Crippen molar-refractivity contribution in [2.75, 3.05) is 0 Å². The summed E-state index contributed by atoms with van der Waals surface area (Å²) in [6, 6.07) is 7.37. The predicted molar refractivity (Wildman–Crippen MR) is 72.0 cm³/mol. The molecule has 0 aliphatic carbocycles. The molecule has 0 bridgehead atoms. The van der Waals surface area contributed by atoms with E-state index < -0.39 is 0 Å². The fourth-order valence-corrected chi connectivity index (χ4v) is 2.22. The van der Waals surface area contributed by atoms with E-state index in [4.69, 9.17) is 11.6 Å². The van der Waals surface area contributed by atoms with Gasteiger partial charge in [-0.15, -0.1) is 0 Å². The van der Waals surface area contributed by atoms with Gasteiger partial charge in [0.25, 0.3) is 0 Å². The molecule has 0 saturated carbocycles. The predicted octanol–water partition coefficient (Wildman–Crippen LogP) is 3.20. The fourth-order valence-electron chi connectivity index (χ4n) is 1.93. The van der Waals surface area contributed by atoms with Crippen molar-refractivity contribution in [3.8, 4) is 0 Å². The number of halogens is 1. The van der Waals surface area contributed by atoms with Gasteiger partial charge in [-0.2, -0.15) is 5.10 Å². The Kier molecular flexibility index (Phi) is 3.82. The van der Waals surface area contributed by atoms with E-state index >= 15 is 0 Å². The molecule has 0 saturated heterocycles. The lowest BCUT2D eigenvalue weighted by Crippen LogP contribution is -2.05. The van der Waals surface area contributed by atoms with Crippen LogP contribution in [0.15, 0.2) is 30.5 Å². The summed E-state index contributed by atoms with van der Waals surface area (Å²) in [5.74, 6) is 0.113. The number of aryl methyl sites for hydroxylation is 3. The first-order valence-electron chi connectivity index (χ1n) is 5.83. The summed E-state index contributed by atoms with van der Waals surface area (Å²) in [6.07, 6.45) is 2.91. The van der Waals surface area contributed by atoms with Crippen LogP contribution in [0, 0.1) is 6.92 Å². The number of carbonyl (C=O) groups is 1. The monoisotopic (exact) mass is 262 g/mol. The van der Waals surface area contributed by atoms with Gasteiger partial charge in [-0.25, -0.2) is 0 Å². The highest BCUT2D eigenvalue weighted by Crippen LogP contribution is 2.16. The van der Waals surface area contributed by atoms with E-state index in [1.807, 2.05) is 32.2 Å². The van der Waals surface area contributed by atoms with Gasteiger partial charge in [0, 0.05) is 35.9 Å². The highest BCUT2D eigenvalue weighted by molar-refractivity contribution is 6.31. The summed E-state index contributed by atoms with van der Waals surface area (Å²) in [7, 11) is 1.88. The molecule has 0 aliphatic rings. The molecule has 0 atom stereocenters. The second-order valence-electron chi connectivity index (χ2n) is 4.39. The van der Waals surface area contributed by atoms with E-state index in [1.165, 1.54) is 0 Å². The highest BCUT2D eigenvalue weighted by Gasteiger charge is 2.09. The minimum Gasteiger partial charge on any atom is -0.294 e. The van der Waals surface area contributed by atoms with Gasteiger partial charge in [0.1, 0.15) is 0 Å². The largest absolute Gasteiger partial charge is 0.294 e. The molecule has 0 fully saturated rings. The SMILES string of the molecule is Cc1cc(Cl)cc(C(=O)CCc2ccnn2C)c1. The second kappa shape index (κ2) is 5.36. The lowest BCUT2D eigenvalue weighted by atomic mass is 10.0. The third kappa shape index (κ3) is 2.99. The standard InChI is InChI=1S/C14H15ClN2O/c1-10-7-11(9-12(15)8-10)14(18)4-3-13-5-6-16-17(13)2/h5-9H,3-4H2,1-2H3. The van der Waals surface area contributed by atoms with Crippen molar-refractivity contribution < 1.29 is 4.79 Å². The molecule has 0 aliphatic heterocycles. The van der Waals surface area contributed by atoms with Gasteiger partial charge < -0.3 is 0 Å². The maximum absolute atomic E-state index is 12.1. The van der Waals surface area contributed by atoms with E-state index in [0.717, 1.165) is 11.3 Å². The van der Waals surface area contributed by atoms with Gasteiger partial charge in [-0.3, -0.25) is 9.48 Å². The number of aromatic nitrogens is 2. The van der Waals surface area contributed by atoms with Crippen LogP contribution in [-0.2, 0) is 13.5 Å². The molecule has 18 heavy (non-hydrogen) atoms. The van der Waals surface area contributed by atoms with Crippen LogP contribution in [0.2, 0.25) is 5.02 Å². The molecule has 1 aromatic heterocycles. The van der Waals surface area contributed by atoms with Gasteiger partial charge in [-0.1, -0.05) is 11.6 Å². The maximum Gasteiger partial charge on any atom is 0.163 e. The van der Waals surface area contributed by atoms with Crippen molar-refractivity contribution in [1.29, 1.82) is 0 Å². The number of hydrogen-bond acceptors (Lipinski definition) is 2. The normalized spacial score (nSPS) is 10.6. The van der Waals surface area contributed by atoms with E-state index in [2.05, 4.69) is 5.10 Å². The minimum atomic E-state index is 0.113. The Morgan fingerprint density at radius 2 is 2.17 bits per heavy atom. The number of ketones is 1. The topological polar surface area (TPSA) is 34.9 Å². The first kappa shape index (κ1) is 12.8. The summed E-state index contributed by atoms with van der Waals surface area (Å²) in [5.41, 5.74) is 2.75. The summed E-state index contributed by atoms with van der Waals surface area (Å²) < 4.78 is 1.79. The Hall–Kier alpha value is -1.61. The molecule has 3 nitrogen and oxygen atoms in total. The molecule has 0 amide bonds. The second-order valence-corrected chi connectivity index (χ2v) is 4.82. The lowest BCUT2D eigenvalue weighted by Gasteiger charge is -2.04. The van der Waals surface area contributed by atoms with Crippen LogP contribution in [0.4, 0.5) is 0 Å². The molecule has 1 heterocycles. The molecular formula is C14H15ClN2O. The van der Waals surface area contributed by atoms with Crippen molar-refractivity contribution in [3.05, 3.63) is 52.3 Å². The van der Waals surface area contributed by atoms with Crippen molar-refractivity contribution in [3.63, 3.8) is 0 Å². The third-order valence-electron chi connectivity index (χ3n) is 2.89. The molecule has 1 aromatic carbocycles. The van der Waals surface area contributed by atoms with Crippen LogP contribution in [0.5, 0.6) is 0 Å². The molecule has 0 N–H and O–H groups in total. The van der Waals surface area contributed by atoms with Crippen LogP contribution < -0.4 is 0 Å². The molecule has 0 radical (unpaired) electrons.